The van der Waals surface area contributed by atoms with E-state index < -0.39 is 5.97 Å². The molecule has 1 aromatic carbocycles. The molecular formula is C26H33N3O3. The lowest BCUT2D eigenvalue weighted by molar-refractivity contribution is -0.140. The van der Waals surface area contributed by atoms with E-state index in [0.29, 0.717) is 6.42 Å². The second-order valence-electron chi connectivity index (χ2n) is 9.58. The van der Waals surface area contributed by atoms with Crippen LogP contribution in [0, 0.1) is 19.3 Å². The van der Waals surface area contributed by atoms with Crippen molar-refractivity contribution in [1.29, 1.82) is 0 Å². The number of aromatic nitrogens is 2. The van der Waals surface area contributed by atoms with Crippen LogP contribution >= 0.6 is 0 Å². The summed E-state index contributed by atoms with van der Waals surface area (Å²) < 4.78 is 2.06. The van der Waals surface area contributed by atoms with Gasteiger partial charge in [-0.2, -0.15) is 5.10 Å². The molecule has 0 unspecified atom stereocenters. The minimum absolute atomic E-state index is 0.0212. The van der Waals surface area contributed by atoms with Gasteiger partial charge in [0.2, 0.25) is 5.91 Å². The molecule has 2 aromatic rings. The fraction of sp³-hybridized carbons (Fsp3) is 0.500. The van der Waals surface area contributed by atoms with E-state index >= 15 is 0 Å². The number of aliphatic carboxylic acids is 1. The molecule has 1 saturated carbocycles. The highest BCUT2D eigenvalue weighted by Gasteiger charge is 2.38. The molecule has 4 rings (SSSR count). The first-order valence-electron chi connectivity index (χ1n) is 11.6. The minimum Gasteiger partial charge on any atom is -0.481 e. The number of hydrogen-bond acceptors (Lipinski definition) is 3. The van der Waals surface area contributed by atoms with Crippen molar-refractivity contribution >= 4 is 11.9 Å². The molecule has 1 heterocycles. The van der Waals surface area contributed by atoms with Crippen molar-refractivity contribution in [2.75, 3.05) is 0 Å². The van der Waals surface area contributed by atoms with Crippen molar-refractivity contribution in [3.63, 3.8) is 0 Å². The summed E-state index contributed by atoms with van der Waals surface area (Å²) in [5, 5.41) is 17.2. The standard InChI is InChI=1S/C26H33N3O3/c1-18-25(19(2)29(28-18)17-20-8-4-3-5-9-20)21-10-11-22(14-21)27-23(30)15-26(16-24(31)32)12-6-7-13-26/h3-5,8-11,21-22H,6-7,12-17H2,1-2H3,(H,27,30)(H,31,32)/t21-,22+/m0/s1. The Kier molecular flexibility index (Phi) is 6.49. The van der Waals surface area contributed by atoms with E-state index in [2.05, 4.69) is 48.1 Å². The topological polar surface area (TPSA) is 84.2 Å². The zero-order valence-electron chi connectivity index (χ0n) is 19.0. The molecule has 2 aliphatic carbocycles. The summed E-state index contributed by atoms with van der Waals surface area (Å²) >= 11 is 0. The number of amides is 1. The van der Waals surface area contributed by atoms with Gasteiger partial charge < -0.3 is 10.4 Å². The van der Waals surface area contributed by atoms with Gasteiger partial charge in [0.05, 0.1) is 18.7 Å². The number of benzene rings is 1. The predicted octanol–water partition coefficient (Wildman–Crippen LogP) is 4.50. The molecule has 2 N–H and O–H groups in total. The van der Waals surface area contributed by atoms with E-state index in [9.17, 15) is 14.7 Å². The van der Waals surface area contributed by atoms with Crippen LogP contribution in [-0.4, -0.2) is 32.8 Å². The third-order valence-corrected chi connectivity index (χ3v) is 7.14. The lowest BCUT2D eigenvalue weighted by Crippen LogP contribution is -2.37. The molecule has 170 valence electrons. The second kappa shape index (κ2) is 9.31. The van der Waals surface area contributed by atoms with Crippen molar-refractivity contribution < 1.29 is 14.7 Å². The number of carbonyl (C=O) groups is 2. The molecule has 32 heavy (non-hydrogen) atoms. The van der Waals surface area contributed by atoms with Gasteiger partial charge in [-0.1, -0.05) is 55.3 Å². The Labute approximate surface area is 189 Å². The van der Waals surface area contributed by atoms with Crippen LogP contribution in [0.4, 0.5) is 0 Å². The van der Waals surface area contributed by atoms with Gasteiger partial charge in [0.15, 0.2) is 0 Å². The Morgan fingerprint density at radius 1 is 1.12 bits per heavy atom. The summed E-state index contributed by atoms with van der Waals surface area (Å²) in [6.45, 7) is 4.92. The normalized spacial score (nSPS) is 21.7. The molecule has 0 bridgehead atoms. The van der Waals surface area contributed by atoms with Crippen molar-refractivity contribution in [1.82, 2.24) is 15.1 Å². The zero-order chi connectivity index (χ0) is 22.7. The summed E-state index contributed by atoms with van der Waals surface area (Å²) in [6.07, 6.45) is 9.14. The Balaban J connectivity index is 1.38. The van der Waals surface area contributed by atoms with E-state index in [0.717, 1.165) is 44.3 Å². The summed E-state index contributed by atoms with van der Waals surface area (Å²) in [4.78, 5) is 24.1. The van der Waals surface area contributed by atoms with E-state index in [1.807, 2.05) is 18.2 Å². The van der Waals surface area contributed by atoms with Gasteiger partial charge >= 0.3 is 5.97 Å². The molecular weight excluding hydrogens is 402 g/mol. The second-order valence-corrected chi connectivity index (χ2v) is 9.58. The van der Waals surface area contributed by atoms with E-state index in [1.165, 1.54) is 16.8 Å². The third kappa shape index (κ3) is 4.95. The molecule has 2 atom stereocenters. The number of rotatable bonds is 8. The van der Waals surface area contributed by atoms with Crippen LogP contribution in [-0.2, 0) is 16.1 Å². The number of nitrogens with zero attached hydrogens (tertiary/aromatic N) is 2. The molecule has 1 fully saturated rings. The van der Waals surface area contributed by atoms with Gasteiger partial charge in [0.25, 0.3) is 0 Å². The SMILES string of the molecule is Cc1nn(Cc2ccccc2)c(C)c1[C@H]1C=C[C@@H](NC(=O)CC2(CC(=O)O)CCCC2)C1. The summed E-state index contributed by atoms with van der Waals surface area (Å²) in [5.74, 6) is -0.611. The smallest absolute Gasteiger partial charge is 0.303 e. The van der Waals surface area contributed by atoms with Crippen molar-refractivity contribution in [2.45, 2.75) is 77.3 Å². The van der Waals surface area contributed by atoms with Gasteiger partial charge in [0, 0.05) is 29.6 Å². The Morgan fingerprint density at radius 2 is 1.84 bits per heavy atom. The fourth-order valence-corrected chi connectivity index (χ4v) is 5.64. The van der Waals surface area contributed by atoms with Gasteiger partial charge in [0.1, 0.15) is 0 Å². The maximum atomic E-state index is 12.8. The number of aryl methyl sites for hydroxylation is 1. The average Bonchev–Trinajstić information content (AvgIpc) is 3.43. The van der Waals surface area contributed by atoms with Crippen LogP contribution in [0.15, 0.2) is 42.5 Å². The molecule has 0 radical (unpaired) electrons. The molecule has 1 aromatic heterocycles. The Hall–Kier alpha value is -2.89. The molecule has 0 saturated heterocycles. The van der Waals surface area contributed by atoms with Crippen LogP contribution in [0.1, 0.15) is 73.4 Å². The maximum absolute atomic E-state index is 12.8. The summed E-state index contributed by atoms with van der Waals surface area (Å²) in [6, 6.07) is 10.3. The average molecular weight is 436 g/mol. The first kappa shape index (κ1) is 22.3. The van der Waals surface area contributed by atoms with Crippen molar-refractivity contribution in [3.8, 4) is 0 Å². The highest BCUT2D eigenvalue weighted by atomic mass is 16.4. The first-order valence-corrected chi connectivity index (χ1v) is 11.6. The van der Waals surface area contributed by atoms with E-state index in [4.69, 9.17) is 5.10 Å². The Bertz CT molecular complexity index is 1000. The molecule has 2 aliphatic rings. The molecule has 0 aliphatic heterocycles. The lowest BCUT2D eigenvalue weighted by Gasteiger charge is -2.27. The first-order chi connectivity index (χ1) is 15.3. The largest absolute Gasteiger partial charge is 0.481 e. The van der Waals surface area contributed by atoms with Crippen LogP contribution in [0.2, 0.25) is 0 Å². The Morgan fingerprint density at radius 3 is 2.53 bits per heavy atom. The van der Waals surface area contributed by atoms with E-state index in [-0.39, 0.29) is 29.7 Å². The number of carboxylic acids is 1. The van der Waals surface area contributed by atoms with E-state index in [1.54, 1.807) is 0 Å². The molecule has 0 spiro atoms. The molecule has 6 nitrogen and oxygen atoms in total. The van der Waals surface area contributed by atoms with Crippen LogP contribution < -0.4 is 5.32 Å². The summed E-state index contributed by atoms with van der Waals surface area (Å²) in [7, 11) is 0. The highest BCUT2D eigenvalue weighted by molar-refractivity contribution is 5.78. The number of nitrogens with one attached hydrogen (secondary N) is 1. The number of carboxylic acid groups (broad SMARTS) is 1. The fourth-order valence-electron chi connectivity index (χ4n) is 5.64. The predicted molar refractivity (Wildman–Crippen MR) is 123 cm³/mol. The number of allylic oxidation sites excluding steroid dienone is 1. The van der Waals surface area contributed by atoms with Crippen LogP contribution in [0.25, 0.3) is 0 Å². The quantitative estimate of drug-likeness (QED) is 0.598. The third-order valence-electron chi connectivity index (χ3n) is 7.14. The van der Waals surface area contributed by atoms with Gasteiger partial charge in [-0.15, -0.1) is 0 Å². The van der Waals surface area contributed by atoms with Gasteiger partial charge in [-0.25, -0.2) is 0 Å². The van der Waals surface area contributed by atoms with Gasteiger partial charge in [-0.05, 0) is 44.1 Å². The monoisotopic (exact) mass is 435 g/mol. The number of hydrogen-bond donors (Lipinski definition) is 2. The van der Waals surface area contributed by atoms with Gasteiger partial charge in [-0.3, -0.25) is 14.3 Å². The van der Waals surface area contributed by atoms with Crippen molar-refractivity contribution in [2.24, 2.45) is 5.41 Å². The highest BCUT2D eigenvalue weighted by Crippen LogP contribution is 2.44. The van der Waals surface area contributed by atoms with Crippen LogP contribution in [0.3, 0.4) is 0 Å². The van der Waals surface area contributed by atoms with Crippen molar-refractivity contribution in [3.05, 3.63) is 65.0 Å². The zero-order valence-corrected chi connectivity index (χ0v) is 19.0. The lowest BCUT2D eigenvalue weighted by atomic mass is 9.79. The molecule has 6 heteroatoms. The molecule has 1 amide bonds. The van der Waals surface area contributed by atoms with Crippen LogP contribution in [0.5, 0.6) is 0 Å². The maximum Gasteiger partial charge on any atom is 0.303 e. The number of carbonyl (C=O) groups excluding carboxylic acids is 1. The minimum atomic E-state index is -0.806. The summed E-state index contributed by atoms with van der Waals surface area (Å²) in [5.41, 5.74) is 4.29.